The van der Waals surface area contributed by atoms with E-state index in [0.717, 1.165) is 72.7 Å². The number of aryl methyl sites for hydroxylation is 1. The second kappa shape index (κ2) is 13.0. The molecule has 4 rings (SSSR count). The summed E-state index contributed by atoms with van der Waals surface area (Å²) in [5, 5.41) is 4.79. The van der Waals surface area contributed by atoms with E-state index in [4.69, 9.17) is 16.6 Å². The van der Waals surface area contributed by atoms with E-state index in [1.807, 2.05) is 36.4 Å². The third-order valence-electron chi connectivity index (χ3n) is 6.37. The average Bonchev–Trinajstić information content (AvgIpc) is 3.35. The van der Waals surface area contributed by atoms with Crippen molar-refractivity contribution < 1.29 is 4.79 Å². The van der Waals surface area contributed by atoms with Crippen LogP contribution in [-0.2, 0) is 12.8 Å². The van der Waals surface area contributed by atoms with Gasteiger partial charge in [-0.05, 0) is 48.2 Å². The minimum Gasteiger partial charge on any atom is -0.351 e. The van der Waals surface area contributed by atoms with E-state index in [1.54, 1.807) is 0 Å². The molecule has 1 aliphatic rings. The lowest BCUT2D eigenvalue weighted by molar-refractivity contribution is 0.0948. The number of hydrogen-bond acceptors (Lipinski definition) is 6. The molecule has 0 aliphatic carbocycles. The smallest absolute Gasteiger partial charge is 0.251 e. The lowest BCUT2D eigenvalue weighted by Gasteiger charge is -2.34. The van der Waals surface area contributed by atoms with Crippen molar-refractivity contribution in [2.45, 2.75) is 39.0 Å². The van der Waals surface area contributed by atoms with E-state index in [-0.39, 0.29) is 5.91 Å². The molecule has 2 aromatic carbocycles. The van der Waals surface area contributed by atoms with E-state index >= 15 is 0 Å². The highest BCUT2D eigenvalue weighted by atomic mass is 35.5. The van der Waals surface area contributed by atoms with Gasteiger partial charge in [0, 0.05) is 67.8 Å². The summed E-state index contributed by atoms with van der Waals surface area (Å²) in [4.78, 5) is 21.9. The first kappa shape index (κ1) is 25.6. The van der Waals surface area contributed by atoms with E-state index in [1.165, 1.54) is 36.4 Å². The maximum atomic E-state index is 12.5. The van der Waals surface area contributed by atoms with Gasteiger partial charge < -0.3 is 10.2 Å². The first-order valence-electron chi connectivity index (χ1n) is 12.5. The Morgan fingerprint density at radius 2 is 1.71 bits per heavy atom. The normalized spacial score (nSPS) is 14.3. The molecule has 1 N–H and O–H groups in total. The van der Waals surface area contributed by atoms with E-state index in [9.17, 15) is 4.79 Å². The number of hydrogen-bond donors (Lipinski definition) is 1. The lowest BCUT2D eigenvalue weighted by atomic mass is 10.1. The van der Waals surface area contributed by atoms with Gasteiger partial charge >= 0.3 is 0 Å². The standard InChI is InChI=1S/C27H34ClN5OS/c1-2-3-4-5-21-6-10-23(11-7-21)26(34)29-14-15-32-16-18-33(19-17-32)27-30-25(31-35-27)20-22-8-12-24(28)13-9-22/h6-13H,2-5,14-20H2,1H3,(H,29,34). The summed E-state index contributed by atoms with van der Waals surface area (Å²) in [6.45, 7) is 7.47. The molecule has 1 saturated heterocycles. The lowest BCUT2D eigenvalue weighted by Crippen LogP contribution is -2.48. The van der Waals surface area contributed by atoms with Crippen LogP contribution in [0, 0.1) is 0 Å². The molecule has 0 bridgehead atoms. The summed E-state index contributed by atoms with van der Waals surface area (Å²) in [6, 6.07) is 15.9. The van der Waals surface area contributed by atoms with Crippen molar-refractivity contribution in [2.24, 2.45) is 0 Å². The van der Waals surface area contributed by atoms with Crippen molar-refractivity contribution in [2.75, 3.05) is 44.2 Å². The summed E-state index contributed by atoms with van der Waals surface area (Å²) >= 11 is 7.44. The predicted octanol–water partition coefficient (Wildman–Crippen LogP) is 5.07. The number of rotatable bonds is 11. The monoisotopic (exact) mass is 511 g/mol. The van der Waals surface area contributed by atoms with Gasteiger partial charge in [0.25, 0.3) is 5.91 Å². The molecule has 0 radical (unpaired) electrons. The van der Waals surface area contributed by atoms with Crippen molar-refractivity contribution in [1.82, 2.24) is 19.6 Å². The minimum absolute atomic E-state index is 0.00539. The Hall–Kier alpha value is -2.48. The molecule has 35 heavy (non-hydrogen) atoms. The van der Waals surface area contributed by atoms with Gasteiger partial charge in [-0.1, -0.05) is 55.6 Å². The van der Waals surface area contributed by atoms with Crippen LogP contribution in [0.1, 0.15) is 53.5 Å². The number of nitrogens with one attached hydrogen (secondary N) is 1. The van der Waals surface area contributed by atoms with E-state index < -0.39 is 0 Å². The number of piperazine rings is 1. The largest absolute Gasteiger partial charge is 0.351 e. The zero-order valence-electron chi connectivity index (χ0n) is 20.4. The van der Waals surface area contributed by atoms with Gasteiger partial charge in [-0.25, -0.2) is 4.98 Å². The summed E-state index contributed by atoms with van der Waals surface area (Å²) in [5.41, 5.74) is 3.20. The van der Waals surface area contributed by atoms with E-state index in [0.29, 0.717) is 6.54 Å². The highest BCUT2D eigenvalue weighted by Crippen LogP contribution is 2.21. The fourth-order valence-electron chi connectivity index (χ4n) is 4.22. The Bertz CT molecular complexity index is 1060. The van der Waals surface area contributed by atoms with Crippen LogP contribution in [0.15, 0.2) is 48.5 Å². The van der Waals surface area contributed by atoms with Crippen LogP contribution in [-0.4, -0.2) is 59.4 Å². The molecule has 1 aromatic heterocycles. The van der Waals surface area contributed by atoms with Gasteiger partial charge in [-0.15, -0.1) is 0 Å². The van der Waals surface area contributed by atoms with Crippen molar-refractivity contribution in [3.8, 4) is 0 Å². The minimum atomic E-state index is 0.00539. The SMILES string of the molecule is CCCCCc1ccc(C(=O)NCCN2CCN(c3nc(Cc4ccc(Cl)cc4)ns3)CC2)cc1. The average molecular weight is 512 g/mol. The Morgan fingerprint density at radius 3 is 2.43 bits per heavy atom. The molecule has 186 valence electrons. The fraction of sp³-hybridized carbons (Fsp3) is 0.444. The number of benzene rings is 2. The molecular weight excluding hydrogens is 478 g/mol. The van der Waals surface area contributed by atoms with Gasteiger partial charge in [0.05, 0.1) is 0 Å². The third-order valence-corrected chi connectivity index (χ3v) is 7.44. The second-order valence-electron chi connectivity index (χ2n) is 9.04. The molecule has 0 unspecified atom stereocenters. The molecule has 6 nitrogen and oxygen atoms in total. The molecule has 0 atom stereocenters. The Labute approximate surface area is 217 Å². The van der Waals surface area contributed by atoms with Crippen LogP contribution in [0.5, 0.6) is 0 Å². The quantitative estimate of drug-likeness (QED) is 0.364. The van der Waals surface area contributed by atoms with Gasteiger partial charge in [-0.2, -0.15) is 4.37 Å². The number of amides is 1. The first-order valence-corrected chi connectivity index (χ1v) is 13.7. The molecular formula is C27H34ClN5OS. The highest BCUT2D eigenvalue weighted by Gasteiger charge is 2.20. The van der Waals surface area contributed by atoms with E-state index in [2.05, 4.69) is 38.5 Å². The highest BCUT2D eigenvalue weighted by molar-refractivity contribution is 7.09. The van der Waals surface area contributed by atoms with Gasteiger partial charge in [0.15, 0.2) is 0 Å². The van der Waals surface area contributed by atoms with Gasteiger partial charge in [0.1, 0.15) is 5.82 Å². The number of carbonyl (C=O) groups is 1. The van der Waals surface area contributed by atoms with Gasteiger partial charge in [-0.3, -0.25) is 9.69 Å². The molecule has 0 saturated carbocycles. The molecule has 2 heterocycles. The summed E-state index contributed by atoms with van der Waals surface area (Å²) in [6.07, 6.45) is 5.49. The second-order valence-corrected chi connectivity index (χ2v) is 10.2. The van der Waals surface area contributed by atoms with Crippen LogP contribution >= 0.6 is 23.1 Å². The molecule has 3 aromatic rings. The van der Waals surface area contributed by atoms with Gasteiger partial charge in [0.2, 0.25) is 5.13 Å². The fourth-order valence-corrected chi connectivity index (χ4v) is 5.09. The zero-order valence-corrected chi connectivity index (χ0v) is 22.0. The summed E-state index contributed by atoms with van der Waals surface area (Å²) in [5.74, 6) is 0.859. The van der Waals surface area contributed by atoms with Crippen LogP contribution in [0.3, 0.4) is 0 Å². The number of aromatic nitrogens is 2. The Kier molecular flexibility index (Phi) is 9.51. The Balaban J connectivity index is 1.16. The van der Waals surface area contributed by atoms with Crippen molar-refractivity contribution in [3.63, 3.8) is 0 Å². The zero-order chi connectivity index (χ0) is 24.5. The molecule has 8 heteroatoms. The van der Waals surface area contributed by atoms with Crippen molar-refractivity contribution in [3.05, 3.63) is 76.1 Å². The van der Waals surface area contributed by atoms with Crippen LogP contribution in [0.2, 0.25) is 5.02 Å². The topological polar surface area (TPSA) is 61.4 Å². The predicted molar refractivity (Wildman–Crippen MR) is 145 cm³/mol. The van der Waals surface area contributed by atoms with Crippen molar-refractivity contribution >= 4 is 34.2 Å². The number of halogens is 1. The molecule has 1 fully saturated rings. The number of anilines is 1. The summed E-state index contributed by atoms with van der Waals surface area (Å²) in [7, 11) is 0. The van der Waals surface area contributed by atoms with Crippen LogP contribution in [0.4, 0.5) is 5.13 Å². The first-order chi connectivity index (χ1) is 17.1. The third kappa shape index (κ3) is 7.75. The van der Waals surface area contributed by atoms with Crippen molar-refractivity contribution in [1.29, 1.82) is 0 Å². The maximum absolute atomic E-state index is 12.5. The summed E-state index contributed by atoms with van der Waals surface area (Å²) < 4.78 is 4.54. The number of unbranched alkanes of at least 4 members (excludes halogenated alkanes) is 2. The van der Waals surface area contributed by atoms with Crippen LogP contribution in [0.25, 0.3) is 0 Å². The maximum Gasteiger partial charge on any atom is 0.251 e. The molecule has 1 amide bonds. The number of nitrogens with zero attached hydrogens (tertiary/aromatic N) is 4. The number of carbonyl (C=O) groups excluding carboxylic acids is 1. The molecule has 1 aliphatic heterocycles. The Morgan fingerprint density at radius 1 is 1.00 bits per heavy atom. The molecule has 0 spiro atoms. The van der Waals surface area contributed by atoms with Crippen LogP contribution < -0.4 is 10.2 Å².